The molecule has 3 nitrogen and oxygen atoms in total. The monoisotopic (exact) mass is 126 g/mol. The number of hydrogen-bond donors (Lipinski definition) is 0. The minimum atomic E-state index is 0.0314. The minimum Gasteiger partial charge on any atom is -0.399 e. The Morgan fingerprint density at radius 2 is 2.56 bits per heavy atom. The smallest absolute Gasteiger partial charge is 0.106 e. The van der Waals surface area contributed by atoms with Gasteiger partial charge >= 0.3 is 0 Å². The van der Waals surface area contributed by atoms with Crippen molar-refractivity contribution in [3.05, 3.63) is 0 Å². The van der Waals surface area contributed by atoms with Crippen molar-refractivity contribution in [3.63, 3.8) is 0 Å². The standard InChI is InChI=1S/C6H10N2O/c1-6(5-7)3-4-8-9-2/h4,6H,3H2,1-2H3. The van der Waals surface area contributed by atoms with E-state index in [0.717, 1.165) is 0 Å². The van der Waals surface area contributed by atoms with E-state index >= 15 is 0 Å². The molecule has 0 amide bonds. The third kappa shape index (κ3) is 4.82. The third-order valence-corrected chi connectivity index (χ3v) is 0.859. The molecule has 0 aromatic carbocycles. The first-order valence-corrected chi connectivity index (χ1v) is 2.76. The summed E-state index contributed by atoms with van der Waals surface area (Å²) in [5, 5.41) is 11.8. The van der Waals surface area contributed by atoms with Gasteiger partial charge < -0.3 is 4.84 Å². The Bertz CT molecular complexity index is 126. The second-order valence-corrected chi connectivity index (χ2v) is 1.74. The van der Waals surface area contributed by atoms with Crippen LogP contribution in [-0.4, -0.2) is 13.3 Å². The number of nitrogens with zero attached hydrogens (tertiary/aromatic N) is 2. The minimum absolute atomic E-state index is 0.0314. The highest BCUT2D eigenvalue weighted by molar-refractivity contribution is 5.57. The van der Waals surface area contributed by atoms with Gasteiger partial charge in [0.15, 0.2) is 0 Å². The van der Waals surface area contributed by atoms with E-state index in [1.54, 1.807) is 6.21 Å². The van der Waals surface area contributed by atoms with Gasteiger partial charge in [-0.1, -0.05) is 5.16 Å². The maximum Gasteiger partial charge on any atom is 0.106 e. The van der Waals surface area contributed by atoms with Gasteiger partial charge in [-0.05, 0) is 6.92 Å². The molecule has 0 aromatic heterocycles. The van der Waals surface area contributed by atoms with Gasteiger partial charge in [0.25, 0.3) is 0 Å². The van der Waals surface area contributed by atoms with Crippen molar-refractivity contribution in [2.75, 3.05) is 7.11 Å². The Morgan fingerprint density at radius 1 is 1.89 bits per heavy atom. The Morgan fingerprint density at radius 3 is 3.00 bits per heavy atom. The molecule has 0 saturated carbocycles. The zero-order valence-electron chi connectivity index (χ0n) is 5.66. The summed E-state index contributed by atoms with van der Waals surface area (Å²) in [6, 6.07) is 2.08. The second-order valence-electron chi connectivity index (χ2n) is 1.74. The fourth-order valence-electron chi connectivity index (χ4n) is 0.328. The first-order valence-electron chi connectivity index (χ1n) is 2.76. The summed E-state index contributed by atoms with van der Waals surface area (Å²) in [5.74, 6) is 0.0314. The van der Waals surface area contributed by atoms with E-state index in [4.69, 9.17) is 5.26 Å². The number of rotatable bonds is 3. The Balaban J connectivity index is 3.29. The normalized spacial score (nSPS) is 13.0. The van der Waals surface area contributed by atoms with Gasteiger partial charge in [0.2, 0.25) is 0 Å². The molecule has 0 aliphatic heterocycles. The van der Waals surface area contributed by atoms with Crippen LogP contribution in [0.2, 0.25) is 0 Å². The molecule has 0 fully saturated rings. The van der Waals surface area contributed by atoms with Crippen molar-refractivity contribution in [2.24, 2.45) is 11.1 Å². The zero-order valence-corrected chi connectivity index (χ0v) is 5.66. The van der Waals surface area contributed by atoms with E-state index < -0.39 is 0 Å². The molecule has 1 atom stereocenters. The van der Waals surface area contributed by atoms with E-state index in [2.05, 4.69) is 16.1 Å². The van der Waals surface area contributed by atoms with E-state index in [9.17, 15) is 0 Å². The quantitative estimate of drug-likeness (QED) is 0.421. The van der Waals surface area contributed by atoms with Crippen LogP contribution in [0.1, 0.15) is 13.3 Å². The van der Waals surface area contributed by atoms with E-state index in [0.29, 0.717) is 6.42 Å². The van der Waals surface area contributed by atoms with Crippen molar-refractivity contribution in [3.8, 4) is 6.07 Å². The average Bonchev–Trinajstić information content (AvgIpc) is 1.89. The molecule has 0 heterocycles. The maximum atomic E-state index is 8.28. The first-order chi connectivity index (χ1) is 4.31. The van der Waals surface area contributed by atoms with Crippen molar-refractivity contribution in [1.82, 2.24) is 0 Å². The Hall–Kier alpha value is -1.04. The lowest BCUT2D eigenvalue weighted by Crippen LogP contribution is -1.89. The summed E-state index contributed by atoms with van der Waals surface area (Å²) >= 11 is 0. The average molecular weight is 126 g/mol. The lowest BCUT2D eigenvalue weighted by Gasteiger charge is -1.91. The summed E-state index contributed by atoms with van der Waals surface area (Å²) in [5.41, 5.74) is 0. The Labute approximate surface area is 54.9 Å². The molecule has 0 rings (SSSR count). The second kappa shape index (κ2) is 5.10. The maximum absolute atomic E-state index is 8.28. The van der Waals surface area contributed by atoms with Crippen molar-refractivity contribution < 1.29 is 4.84 Å². The summed E-state index contributed by atoms with van der Waals surface area (Å²) in [4.78, 5) is 4.40. The molecule has 0 aromatic rings. The van der Waals surface area contributed by atoms with Gasteiger partial charge in [0.1, 0.15) is 7.11 Å². The first kappa shape index (κ1) is 7.96. The van der Waals surface area contributed by atoms with Crippen LogP contribution in [-0.2, 0) is 4.84 Å². The molecular weight excluding hydrogens is 116 g/mol. The third-order valence-electron chi connectivity index (χ3n) is 0.859. The molecule has 0 radical (unpaired) electrons. The molecular formula is C6H10N2O. The molecule has 0 saturated heterocycles. The fourth-order valence-corrected chi connectivity index (χ4v) is 0.328. The van der Waals surface area contributed by atoms with E-state index in [-0.39, 0.29) is 5.92 Å². The molecule has 3 heteroatoms. The van der Waals surface area contributed by atoms with E-state index in [1.165, 1.54) is 7.11 Å². The topological polar surface area (TPSA) is 45.4 Å². The van der Waals surface area contributed by atoms with Gasteiger partial charge in [-0.25, -0.2) is 0 Å². The summed E-state index contributed by atoms with van der Waals surface area (Å²) < 4.78 is 0. The van der Waals surface area contributed by atoms with Crippen LogP contribution in [0.4, 0.5) is 0 Å². The van der Waals surface area contributed by atoms with Crippen molar-refractivity contribution >= 4 is 6.21 Å². The SMILES string of the molecule is CON=CCC(C)C#N. The number of oxime groups is 1. The molecule has 0 spiro atoms. The predicted molar refractivity (Wildman–Crippen MR) is 34.9 cm³/mol. The fraction of sp³-hybridized carbons (Fsp3) is 0.667. The largest absolute Gasteiger partial charge is 0.399 e. The molecule has 9 heavy (non-hydrogen) atoms. The summed E-state index contributed by atoms with van der Waals surface area (Å²) in [6.07, 6.45) is 2.25. The van der Waals surface area contributed by atoms with Crippen LogP contribution >= 0.6 is 0 Å². The summed E-state index contributed by atoms with van der Waals surface area (Å²) in [7, 11) is 1.48. The lowest BCUT2D eigenvalue weighted by molar-refractivity contribution is 0.214. The van der Waals surface area contributed by atoms with Crippen LogP contribution in [0, 0.1) is 17.2 Å². The molecule has 50 valence electrons. The highest BCUT2D eigenvalue weighted by atomic mass is 16.6. The molecule has 0 N–H and O–H groups in total. The molecule has 0 aliphatic carbocycles. The van der Waals surface area contributed by atoms with Crippen LogP contribution < -0.4 is 0 Å². The van der Waals surface area contributed by atoms with Gasteiger partial charge in [0, 0.05) is 18.6 Å². The van der Waals surface area contributed by atoms with Crippen LogP contribution in [0.5, 0.6) is 0 Å². The van der Waals surface area contributed by atoms with E-state index in [1.807, 2.05) is 6.92 Å². The number of nitriles is 1. The van der Waals surface area contributed by atoms with Gasteiger partial charge in [0.05, 0.1) is 6.07 Å². The van der Waals surface area contributed by atoms with Crippen LogP contribution in [0.15, 0.2) is 5.16 Å². The lowest BCUT2D eigenvalue weighted by atomic mass is 10.1. The van der Waals surface area contributed by atoms with Crippen molar-refractivity contribution in [2.45, 2.75) is 13.3 Å². The van der Waals surface area contributed by atoms with Gasteiger partial charge in [-0.15, -0.1) is 0 Å². The summed E-state index contributed by atoms with van der Waals surface area (Å²) in [6.45, 7) is 1.84. The Kier molecular flexibility index (Phi) is 4.51. The zero-order chi connectivity index (χ0) is 7.11. The number of hydrogen-bond acceptors (Lipinski definition) is 3. The predicted octanol–water partition coefficient (Wildman–Crippen LogP) is 1.17. The van der Waals surface area contributed by atoms with Gasteiger partial charge in [-0.2, -0.15) is 5.26 Å². The molecule has 1 unspecified atom stereocenters. The van der Waals surface area contributed by atoms with Crippen molar-refractivity contribution in [1.29, 1.82) is 5.26 Å². The highest BCUT2D eigenvalue weighted by Gasteiger charge is 1.93. The highest BCUT2D eigenvalue weighted by Crippen LogP contribution is 1.94. The molecule has 0 aliphatic rings. The van der Waals surface area contributed by atoms with Gasteiger partial charge in [-0.3, -0.25) is 0 Å². The van der Waals surface area contributed by atoms with Crippen LogP contribution in [0.3, 0.4) is 0 Å². The van der Waals surface area contributed by atoms with Crippen LogP contribution in [0.25, 0.3) is 0 Å². The molecule has 0 bridgehead atoms.